The van der Waals surface area contributed by atoms with Crippen molar-refractivity contribution >= 4 is 35.4 Å². The van der Waals surface area contributed by atoms with E-state index in [0.29, 0.717) is 32.4 Å². The number of carbonyl (C=O) groups excluding carboxylic acids is 4. The third-order valence-electron chi connectivity index (χ3n) is 4.99. The van der Waals surface area contributed by atoms with Crippen molar-refractivity contribution in [3.63, 3.8) is 0 Å². The summed E-state index contributed by atoms with van der Waals surface area (Å²) in [4.78, 5) is 60.2. The summed E-state index contributed by atoms with van der Waals surface area (Å²) < 4.78 is 14.4. The number of unbranched alkanes of at least 4 members (excludes halogenated alkanes) is 2. The summed E-state index contributed by atoms with van der Waals surface area (Å²) in [5, 5.41) is 15.9. The number of fused-ring (bicyclic) bond motifs is 1. The van der Waals surface area contributed by atoms with E-state index in [4.69, 9.17) is 5.11 Å². The van der Waals surface area contributed by atoms with Crippen LogP contribution in [0.15, 0.2) is 12.1 Å². The zero-order valence-corrected chi connectivity index (χ0v) is 16.0. The van der Waals surface area contributed by atoms with E-state index in [9.17, 15) is 28.4 Å². The van der Waals surface area contributed by atoms with Crippen LogP contribution in [0.3, 0.4) is 0 Å². The van der Waals surface area contributed by atoms with Gasteiger partial charge in [0.15, 0.2) is 0 Å². The second-order valence-corrected chi connectivity index (χ2v) is 7.01. The molecule has 2 aliphatic heterocycles. The van der Waals surface area contributed by atoms with Crippen LogP contribution in [0.5, 0.6) is 0 Å². The van der Waals surface area contributed by atoms with Crippen LogP contribution in [0.1, 0.15) is 52.8 Å². The van der Waals surface area contributed by atoms with Gasteiger partial charge in [-0.2, -0.15) is 0 Å². The molecule has 0 bridgehead atoms. The highest BCUT2D eigenvalue weighted by Gasteiger charge is 2.47. The molecule has 2 aliphatic rings. The summed E-state index contributed by atoms with van der Waals surface area (Å²) in [7, 11) is 0. The fourth-order valence-corrected chi connectivity index (χ4v) is 3.55. The Morgan fingerprint density at radius 1 is 1.10 bits per heavy atom. The number of anilines is 1. The average molecular weight is 420 g/mol. The highest BCUT2D eigenvalue weighted by molar-refractivity contribution is 6.25. The lowest BCUT2D eigenvalue weighted by atomic mass is 10.0. The van der Waals surface area contributed by atoms with Crippen LogP contribution < -0.4 is 16.0 Å². The Bertz CT molecular complexity index is 919. The van der Waals surface area contributed by atoms with Crippen molar-refractivity contribution in [1.29, 1.82) is 0 Å². The number of carboxylic acid groups (broad SMARTS) is 1. The number of carbonyl (C=O) groups is 5. The molecule has 0 aliphatic carbocycles. The number of nitrogens with zero attached hydrogens (tertiary/aromatic N) is 1. The van der Waals surface area contributed by atoms with E-state index in [1.807, 2.05) is 0 Å². The van der Waals surface area contributed by atoms with E-state index in [1.165, 1.54) is 6.07 Å². The second-order valence-electron chi connectivity index (χ2n) is 7.01. The van der Waals surface area contributed by atoms with Gasteiger partial charge in [-0.25, -0.2) is 9.18 Å². The van der Waals surface area contributed by atoms with E-state index in [1.54, 1.807) is 0 Å². The van der Waals surface area contributed by atoms with E-state index in [2.05, 4.69) is 16.0 Å². The molecule has 3 rings (SSSR count). The maximum Gasteiger partial charge on any atom is 0.404 e. The topological polar surface area (TPSA) is 145 Å². The van der Waals surface area contributed by atoms with E-state index in [0.717, 1.165) is 11.0 Å². The van der Waals surface area contributed by atoms with Crippen molar-refractivity contribution < 1.29 is 33.5 Å². The summed E-state index contributed by atoms with van der Waals surface area (Å²) in [6.45, 7) is 0.750. The van der Waals surface area contributed by atoms with Gasteiger partial charge in [-0.05, 0) is 37.8 Å². The standard InChI is InChI=1S/C19H21FN4O6/c20-10-4-5-11(21-8-2-1-3-9-22-19(29)30)15-14(10)17(27)24(18(15)28)12-6-7-13(25)23-16(12)26/h4-5,12,21-22H,1-3,6-9H2,(H,29,30)(H,23,25,26). The minimum Gasteiger partial charge on any atom is -0.465 e. The number of hydrogen-bond donors (Lipinski definition) is 4. The third-order valence-corrected chi connectivity index (χ3v) is 4.99. The molecule has 0 saturated carbocycles. The lowest BCUT2D eigenvalue weighted by molar-refractivity contribution is -0.136. The van der Waals surface area contributed by atoms with Gasteiger partial charge in [0.1, 0.15) is 11.9 Å². The second kappa shape index (κ2) is 8.89. The molecule has 0 radical (unpaired) electrons. The van der Waals surface area contributed by atoms with Crippen LogP contribution in [-0.2, 0) is 9.59 Å². The average Bonchev–Trinajstić information content (AvgIpc) is 2.94. The Labute approximate surface area is 170 Å². The van der Waals surface area contributed by atoms with Crippen molar-refractivity contribution in [2.24, 2.45) is 0 Å². The molecular weight excluding hydrogens is 399 g/mol. The Morgan fingerprint density at radius 3 is 2.50 bits per heavy atom. The molecule has 30 heavy (non-hydrogen) atoms. The normalized spacial score (nSPS) is 18.3. The zero-order chi connectivity index (χ0) is 21.8. The first kappa shape index (κ1) is 21.2. The molecule has 5 amide bonds. The molecule has 0 aromatic heterocycles. The first-order valence-electron chi connectivity index (χ1n) is 9.56. The van der Waals surface area contributed by atoms with Crippen molar-refractivity contribution in [2.45, 2.75) is 38.1 Å². The van der Waals surface area contributed by atoms with Gasteiger partial charge in [0.25, 0.3) is 11.8 Å². The van der Waals surface area contributed by atoms with Gasteiger partial charge in [-0.15, -0.1) is 0 Å². The molecular formula is C19H21FN4O6. The number of amides is 5. The van der Waals surface area contributed by atoms with Crippen molar-refractivity contribution in [2.75, 3.05) is 18.4 Å². The Morgan fingerprint density at radius 2 is 1.80 bits per heavy atom. The first-order chi connectivity index (χ1) is 14.3. The summed E-state index contributed by atoms with van der Waals surface area (Å²) >= 11 is 0. The smallest absolute Gasteiger partial charge is 0.404 e. The largest absolute Gasteiger partial charge is 0.465 e. The Kier molecular flexibility index (Phi) is 6.28. The Hall–Kier alpha value is -3.50. The van der Waals surface area contributed by atoms with E-state index < -0.39 is 41.6 Å². The number of halogens is 1. The highest BCUT2D eigenvalue weighted by atomic mass is 19.1. The molecule has 1 fully saturated rings. The maximum absolute atomic E-state index is 14.4. The number of piperidine rings is 1. The Balaban J connectivity index is 1.69. The van der Waals surface area contributed by atoms with Gasteiger partial charge in [0.2, 0.25) is 11.8 Å². The van der Waals surface area contributed by atoms with Crippen LogP contribution >= 0.6 is 0 Å². The molecule has 1 aromatic carbocycles. The maximum atomic E-state index is 14.4. The zero-order valence-electron chi connectivity index (χ0n) is 16.0. The van der Waals surface area contributed by atoms with Crippen LogP contribution in [0.25, 0.3) is 0 Å². The molecule has 1 atom stereocenters. The fraction of sp³-hybridized carbons (Fsp3) is 0.421. The van der Waals surface area contributed by atoms with Gasteiger partial charge >= 0.3 is 6.09 Å². The van der Waals surface area contributed by atoms with Crippen molar-refractivity contribution in [1.82, 2.24) is 15.5 Å². The molecule has 1 aromatic rings. The number of rotatable bonds is 8. The predicted molar refractivity (Wildman–Crippen MR) is 101 cm³/mol. The number of nitrogens with one attached hydrogen (secondary N) is 3. The quantitative estimate of drug-likeness (QED) is 0.364. The van der Waals surface area contributed by atoms with Crippen molar-refractivity contribution in [3.8, 4) is 0 Å². The van der Waals surface area contributed by atoms with Crippen LogP contribution in [-0.4, -0.2) is 58.9 Å². The van der Waals surface area contributed by atoms with E-state index in [-0.39, 0.29) is 29.7 Å². The molecule has 0 spiro atoms. The molecule has 4 N–H and O–H groups in total. The van der Waals surface area contributed by atoms with E-state index >= 15 is 0 Å². The van der Waals surface area contributed by atoms with Gasteiger partial charge < -0.3 is 15.7 Å². The molecule has 11 heteroatoms. The van der Waals surface area contributed by atoms with Gasteiger partial charge in [-0.3, -0.25) is 29.4 Å². The van der Waals surface area contributed by atoms with Crippen LogP contribution in [0.2, 0.25) is 0 Å². The number of benzene rings is 1. The number of hydrogen-bond acceptors (Lipinski definition) is 6. The summed E-state index contributed by atoms with van der Waals surface area (Å²) in [5.41, 5.74) is -0.235. The van der Waals surface area contributed by atoms with Gasteiger partial charge in [-0.1, -0.05) is 0 Å². The molecule has 1 saturated heterocycles. The lowest BCUT2D eigenvalue weighted by Crippen LogP contribution is -2.54. The summed E-state index contributed by atoms with van der Waals surface area (Å²) in [5.74, 6) is -3.78. The van der Waals surface area contributed by atoms with Gasteiger partial charge in [0.05, 0.1) is 11.1 Å². The van der Waals surface area contributed by atoms with Crippen LogP contribution in [0.4, 0.5) is 14.9 Å². The molecule has 10 nitrogen and oxygen atoms in total. The molecule has 2 heterocycles. The summed E-state index contributed by atoms with van der Waals surface area (Å²) in [6, 6.07) is 1.28. The number of imide groups is 2. The summed E-state index contributed by atoms with van der Waals surface area (Å²) in [6.07, 6.45) is 0.895. The monoisotopic (exact) mass is 420 g/mol. The minimum absolute atomic E-state index is 0.00903. The fourth-order valence-electron chi connectivity index (χ4n) is 3.55. The first-order valence-corrected chi connectivity index (χ1v) is 9.56. The molecule has 1 unspecified atom stereocenters. The van der Waals surface area contributed by atoms with Crippen molar-refractivity contribution in [3.05, 3.63) is 29.1 Å². The third kappa shape index (κ3) is 4.24. The molecule has 160 valence electrons. The van der Waals surface area contributed by atoms with Gasteiger partial charge in [0, 0.05) is 25.2 Å². The van der Waals surface area contributed by atoms with Crippen LogP contribution in [0, 0.1) is 5.82 Å². The lowest BCUT2D eigenvalue weighted by Gasteiger charge is -2.27. The SMILES string of the molecule is O=C(O)NCCCCCNc1ccc(F)c2c1C(=O)N(C1CCC(=O)NC1=O)C2=O. The predicted octanol–water partition coefficient (Wildman–Crippen LogP) is 1.08. The minimum atomic E-state index is -1.16. The highest BCUT2D eigenvalue weighted by Crippen LogP contribution is 2.34.